The molecule has 0 heterocycles. The molecule has 0 amide bonds. The van der Waals surface area contributed by atoms with E-state index < -0.39 is 39.1 Å². The van der Waals surface area contributed by atoms with Gasteiger partial charge in [0.25, 0.3) is 20.2 Å². The third-order valence-corrected chi connectivity index (χ3v) is 7.15. The second-order valence-electron chi connectivity index (χ2n) is 7.50. The standard InChI is InChI=1S/C22H28O9S2/c1-17-4-8-20(9-5-17)32(25,26)30-16-22(24,13-15-29-14-12-19(3)23)31-33(27,28)21-10-6-18(2)7-11-21/h4-11,23-24H,3,12-16H2,1-2H3. The molecule has 182 valence electrons. The van der Waals surface area contributed by atoms with Crippen LogP contribution in [0.2, 0.25) is 0 Å². The summed E-state index contributed by atoms with van der Waals surface area (Å²) in [5.74, 6) is -2.54. The van der Waals surface area contributed by atoms with Gasteiger partial charge in [0.05, 0.1) is 22.5 Å². The lowest BCUT2D eigenvalue weighted by Gasteiger charge is -2.27. The van der Waals surface area contributed by atoms with Crippen LogP contribution in [0.15, 0.2) is 58.3 Å². The molecule has 33 heavy (non-hydrogen) atoms. The minimum Gasteiger partial charge on any atom is -0.387 e. The van der Waals surface area contributed by atoms with Crippen molar-refractivity contribution in [1.82, 2.24) is 0 Å². The van der Waals surface area contributed by atoms with Crippen LogP contribution < -0.4 is 0 Å². The maximum Gasteiger partial charge on any atom is 0.299 e. The lowest BCUT2D eigenvalue weighted by atomic mass is 10.2. The van der Waals surface area contributed by atoms with Crippen LogP contribution in [-0.4, -0.2) is 52.7 Å². The molecule has 9 nitrogen and oxygen atoms in total. The summed E-state index contributed by atoms with van der Waals surface area (Å²) in [5, 5.41) is 20.0. The van der Waals surface area contributed by atoms with Gasteiger partial charge in [0, 0.05) is 19.4 Å². The molecule has 0 saturated carbocycles. The predicted octanol–water partition coefficient (Wildman–Crippen LogP) is 2.64. The number of benzene rings is 2. The van der Waals surface area contributed by atoms with Crippen molar-refractivity contribution in [3.63, 3.8) is 0 Å². The zero-order valence-corrected chi connectivity index (χ0v) is 20.1. The van der Waals surface area contributed by atoms with E-state index in [1.165, 1.54) is 24.3 Å². The fraction of sp³-hybridized carbons (Fsp3) is 0.364. The number of hydrogen-bond acceptors (Lipinski definition) is 9. The first-order valence-corrected chi connectivity index (χ1v) is 12.8. The molecular weight excluding hydrogens is 472 g/mol. The van der Waals surface area contributed by atoms with Gasteiger partial charge in [-0.1, -0.05) is 35.4 Å². The van der Waals surface area contributed by atoms with Crippen LogP contribution in [0, 0.1) is 26.9 Å². The smallest absolute Gasteiger partial charge is 0.299 e. The first kappa shape index (κ1) is 27.4. The highest BCUT2D eigenvalue weighted by atomic mass is 32.2. The first-order chi connectivity index (χ1) is 15.3. The van der Waals surface area contributed by atoms with Crippen LogP contribution in [0.5, 0.6) is 0 Å². The third-order valence-electron chi connectivity index (χ3n) is 4.50. The fourth-order valence-corrected chi connectivity index (χ4v) is 4.61. The van der Waals surface area contributed by atoms with Gasteiger partial charge in [0.15, 0.2) is 0 Å². The largest absolute Gasteiger partial charge is 0.387 e. The summed E-state index contributed by atoms with van der Waals surface area (Å²) < 4.78 is 65.6. The van der Waals surface area contributed by atoms with Crippen molar-refractivity contribution in [3.8, 4) is 0 Å². The molecule has 2 aromatic carbocycles. The van der Waals surface area contributed by atoms with E-state index in [0.717, 1.165) is 11.1 Å². The number of hydrogen-bond donors (Lipinski definition) is 2. The predicted molar refractivity (Wildman–Crippen MR) is 119 cm³/mol. The molecule has 1 unspecified atom stereocenters. The van der Waals surface area contributed by atoms with Gasteiger partial charge < -0.3 is 14.9 Å². The van der Waals surface area contributed by atoms with Crippen LogP contribution in [0.25, 0.3) is 0 Å². The highest BCUT2D eigenvalue weighted by Gasteiger charge is 2.37. The topological polar surface area (TPSA) is 136 Å². The number of aryl methyl sites for hydroxylation is 2. The Morgan fingerprint density at radius 3 is 1.85 bits per heavy atom. The lowest BCUT2D eigenvalue weighted by Crippen LogP contribution is -2.41. The van der Waals surface area contributed by atoms with Gasteiger partial charge in [-0.05, 0) is 45.0 Å². The molecule has 0 aliphatic carbocycles. The molecule has 11 heteroatoms. The van der Waals surface area contributed by atoms with E-state index >= 15 is 0 Å². The molecule has 0 saturated heterocycles. The Kier molecular flexibility index (Phi) is 9.56. The molecule has 2 radical (unpaired) electrons. The van der Waals surface area contributed by atoms with Gasteiger partial charge in [0.2, 0.25) is 5.79 Å². The van der Waals surface area contributed by atoms with Gasteiger partial charge in [-0.3, -0.25) is 4.18 Å². The molecule has 0 bridgehead atoms. The highest BCUT2D eigenvalue weighted by molar-refractivity contribution is 7.87. The summed E-state index contributed by atoms with van der Waals surface area (Å²) in [7, 11) is -8.77. The van der Waals surface area contributed by atoms with E-state index in [1.807, 2.05) is 0 Å². The number of aliphatic hydroxyl groups is 2. The summed E-state index contributed by atoms with van der Waals surface area (Å²) in [6.07, 6.45) is -0.394. The van der Waals surface area contributed by atoms with Crippen molar-refractivity contribution >= 4 is 20.2 Å². The van der Waals surface area contributed by atoms with Gasteiger partial charge in [0.1, 0.15) is 6.61 Å². The Hall–Kier alpha value is -1.86. The summed E-state index contributed by atoms with van der Waals surface area (Å²) in [5.41, 5.74) is 1.65. The Balaban J connectivity index is 2.18. The second kappa shape index (κ2) is 11.5. The summed E-state index contributed by atoms with van der Waals surface area (Å²) in [6.45, 7) is 5.72. The van der Waals surface area contributed by atoms with Crippen molar-refractivity contribution in [2.24, 2.45) is 0 Å². The van der Waals surface area contributed by atoms with E-state index in [1.54, 1.807) is 38.1 Å². The third kappa shape index (κ3) is 8.78. The van der Waals surface area contributed by atoms with Crippen molar-refractivity contribution in [3.05, 3.63) is 72.7 Å². The van der Waals surface area contributed by atoms with Crippen molar-refractivity contribution in [2.75, 3.05) is 19.8 Å². The minimum absolute atomic E-state index is 0.0542. The fourth-order valence-electron chi connectivity index (χ4n) is 2.56. The molecule has 1 atom stereocenters. The maximum absolute atomic E-state index is 12.7. The summed E-state index contributed by atoms with van der Waals surface area (Å²) in [4.78, 5) is -0.375. The van der Waals surface area contributed by atoms with E-state index in [4.69, 9.17) is 18.2 Å². The zero-order chi connectivity index (χ0) is 24.7. The zero-order valence-electron chi connectivity index (χ0n) is 18.4. The van der Waals surface area contributed by atoms with E-state index in [9.17, 15) is 21.9 Å². The van der Waals surface area contributed by atoms with Gasteiger partial charge in [-0.15, -0.1) is 0 Å². The van der Waals surface area contributed by atoms with Crippen molar-refractivity contribution in [1.29, 1.82) is 0 Å². The van der Waals surface area contributed by atoms with Crippen LogP contribution in [-0.2, 0) is 33.3 Å². The van der Waals surface area contributed by atoms with E-state index in [0.29, 0.717) is 0 Å². The van der Waals surface area contributed by atoms with E-state index in [2.05, 4.69) is 6.92 Å². The van der Waals surface area contributed by atoms with Crippen LogP contribution in [0.3, 0.4) is 0 Å². The Bertz CT molecular complexity index is 1090. The molecule has 0 aliphatic heterocycles. The van der Waals surface area contributed by atoms with Crippen molar-refractivity contribution in [2.45, 2.75) is 42.3 Å². The maximum atomic E-state index is 12.7. The minimum atomic E-state index is -4.46. The molecular formula is C22H28O9S2. The summed E-state index contributed by atoms with van der Waals surface area (Å²) in [6, 6.07) is 11.5. The average Bonchev–Trinajstić information content (AvgIpc) is 2.72. The van der Waals surface area contributed by atoms with E-state index in [-0.39, 0.29) is 35.5 Å². The first-order valence-electron chi connectivity index (χ1n) is 9.98. The molecule has 0 spiro atoms. The van der Waals surface area contributed by atoms with Gasteiger partial charge >= 0.3 is 0 Å². The quantitative estimate of drug-likeness (QED) is 0.242. The second-order valence-corrected chi connectivity index (χ2v) is 10.7. The monoisotopic (exact) mass is 500 g/mol. The average molecular weight is 501 g/mol. The molecule has 0 aliphatic rings. The Labute approximate surface area is 195 Å². The Morgan fingerprint density at radius 2 is 1.36 bits per heavy atom. The molecule has 2 aromatic rings. The molecule has 0 aromatic heterocycles. The lowest BCUT2D eigenvalue weighted by molar-refractivity contribution is -0.168. The molecule has 0 fully saturated rings. The number of aliphatic hydroxyl groups excluding tert-OH is 1. The SMILES string of the molecule is [CH2][C](O)CCOCCC(O)(COS(=O)(=O)c1ccc(C)cc1)OS(=O)(=O)c1ccc(C)cc1. The normalized spacial score (nSPS) is 14.4. The number of rotatable bonds is 13. The summed E-state index contributed by atoms with van der Waals surface area (Å²) >= 11 is 0. The van der Waals surface area contributed by atoms with Crippen LogP contribution >= 0.6 is 0 Å². The van der Waals surface area contributed by atoms with Crippen LogP contribution in [0.1, 0.15) is 24.0 Å². The number of ether oxygens (including phenoxy) is 1. The highest BCUT2D eigenvalue weighted by Crippen LogP contribution is 2.25. The van der Waals surface area contributed by atoms with Crippen molar-refractivity contribution < 1.29 is 40.2 Å². The van der Waals surface area contributed by atoms with Gasteiger partial charge in [-0.2, -0.15) is 16.8 Å². The molecule has 2 N–H and O–H groups in total. The van der Waals surface area contributed by atoms with Crippen LogP contribution in [0.4, 0.5) is 0 Å². The Morgan fingerprint density at radius 1 is 0.879 bits per heavy atom. The van der Waals surface area contributed by atoms with Gasteiger partial charge in [-0.25, -0.2) is 4.18 Å². The molecule has 2 rings (SSSR count).